The maximum atomic E-state index is 13.8. The van der Waals surface area contributed by atoms with E-state index in [9.17, 15) is 12.8 Å². The first-order chi connectivity index (χ1) is 12.8. The number of nitrogens with zero attached hydrogens (tertiary/aromatic N) is 2. The predicted octanol–water partition coefficient (Wildman–Crippen LogP) is 2.63. The molecule has 0 unspecified atom stereocenters. The van der Waals surface area contributed by atoms with E-state index in [0.717, 1.165) is 5.56 Å². The topological polar surface area (TPSA) is 94.3 Å². The number of hydrogen-bond donors (Lipinski definition) is 2. The highest BCUT2D eigenvalue weighted by atomic mass is 127. The highest BCUT2D eigenvalue weighted by molar-refractivity contribution is 14.0. The first-order valence-electron chi connectivity index (χ1n) is 8.25. The second-order valence-electron chi connectivity index (χ2n) is 5.94. The van der Waals surface area contributed by atoms with Crippen molar-refractivity contribution in [2.45, 2.75) is 17.9 Å². The Morgan fingerprint density at radius 1 is 1.18 bits per heavy atom. The summed E-state index contributed by atoms with van der Waals surface area (Å²) in [5, 5.41) is 15.0. The van der Waals surface area contributed by atoms with E-state index in [1.807, 2.05) is 6.07 Å². The standard InChI is InChI=1S/C19H21FN4O2S.HI/c1-22-19(24-13-16-11-15(12-21)5-8-18(16)20)23-10-9-14-3-6-17(7-4-14)27(2,25)26;/h3-8,11H,9-10,13H2,1-2H3,(H2,22,23,24);1H. The van der Waals surface area contributed by atoms with Crippen LogP contribution in [0.3, 0.4) is 0 Å². The van der Waals surface area contributed by atoms with E-state index in [-0.39, 0.29) is 36.3 Å². The highest BCUT2D eigenvalue weighted by Crippen LogP contribution is 2.11. The number of nitriles is 1. The van der Waals surface area contributed by atoms with Gasteiger partial charge in [-0.15, -0.1) is 24.0 Å². The molecular formula is C19H22FIN4O2S. The maximum Gasteiger partial charge on any atom is 0.191 e. The fraction of sp³-hybridized carbons (Fsp3) is 0.263. The van der Waals surface area contributed by atoms with Gasteiger partial charge in [-0.05, 0) is 42.3 Å². The van der Waals surface area contributed by atoms with Crippen molar-refractivity contribution >= 4 is 39.8 Å². The van der Waals surface area contributed by atoms with Crippen molar-refractivity contribution in [1.29, 1.82) is 5.26 Å². The highest BCUT2D eigenvalue weighted by Gasteiger charge is 2.07. The molecule has 0 atom stereocenters. The lowest BCUT2D eigenvalue weighted by Gasteiger charge is -2.12. The van der Waals surface area contributed by atoms with Crippen molar-refractivity contribution in [1.82, 2.24) is 10.6 Å². The van der Waals surface area contributed by atoms with E-state index in [2.05, 4.69) is 15.6 Å². The molecule has 0 saturated heterocycles. The normalized spacial score (nSPS) is 11.3. The molecule has 2 rings (SSSR count). The van der Waals surface area contributed by atoms with E-state index in [1.165, 1.54) is 24.5 Å². The van der Waals surface area contributed by atoms with E-state index in [1.54, 1.807) is 31.3 Å². The Hall–Kier alpha value is -2.19. The summed E-state index contributed by atoms with van der Waals surface area (Å²) >= 11 is 0. The zero-order valence-corrected chi connectivity index (χ0v) is 18.7. The second-order valence-corrected chi connectivity index (χ2v) is 7.95. The van der Waals surface area contributed by atoms with Crippen molar-refractivity contribution in [3.63, 3.8) is 0 Å². The first kappa shape index (κ1) is 23.8. The number of sulfone groups is 1. The van der Waals surface area contributed by atoms with Crippen LogP contribution in [0.5, 0.6) is 0 Å². The summed E-state index contributed by atoms with van der Waals surface area (Å²) in [6.45, 7) is 0.767. The zero-order chi connectivity index (χ0) is 19.9. The first-order valence-corrected chi connectivity index (χ1v) is 10.1. The lowest BCUT2D eigenvalue weighted by atomic mass is 10.1. The Morgan fingerprint density at radius 3 is 2.43 bits per heavy atom. The number of guanidine groups is 1. The SMILES string of the molecule is CN=C(NCCc1ccc(S(C)(=O)=O)cc1)NCc1cc(C#N)ccc1F.I. The summed E-state index contributed by atoms with van der Waals surface area (Å²) in [6.07, 6.45) is 1.84. The molecule has 0 bridgehead atoms. The van der Waals surface area contributed by atoms with Gasteiger partial charge >= 0.3 is 0 Å². The van der Waals surface area contributed by atoms with Crippen LogP contribution in [0.15, 0.2) is 52.4 Å². The lowest BCUT2D eigenvalue weighted by molar-refractivity contribution is 0.601. The van der Waals surface area contributed by atoms with Gasteiger partial charge in [0.15, 0.2) is 15.8 Å². The number of hydrogen-bond acceptors (Lipinski definition) is 4. The van der Waals surface area contributed by atoms with Crippen LogP contribution in [0.25, 0.3) is 0 Å². The minimum Gasteiger partial charge on any atom is -0.356 e. The van der Waals surface area contributed by atoms with E-state index in [0.29, 0.717) is 34.9 Å². The third-order valence-electron chi connectivity index (χ3n) is 3.90. The number of rotatable bonds is 6. The summed E-state index contributed by atoms with van der Waals surface area (Å²) in [5.41, 5.74) is 1.76. The van der Waals surface area contributed by atoms with Gasteiger partial charge in [-0.1, -0.05) is 12.1 Å². The number of benzene rings is 2. The molecule has 2 N–H and O–H groups in total. The predicted molar refractivity (Wildman–Crippen MR) is 118 cm³/mol. The van der Waals surface area contributed by atoms with Gasteiger partial charge < -0.3 is 10.6 Å². The van der Waals surface area contributed by atoms with Crippen LogP contribution in [-0.4, -0.2) is 34.2 Å². The molecule has 0 aliphatic heterocycles. The largest absolute Gasteiger partial charge is 0.356 e. The quantitative estimate of drug-likeness (QED) is 0.350. The molecule has 0 amide bonds. The third-order valence-corrected chi connectivity index (χ3v) is 5.03. The number of halogens is 2. The van der Waals surface area contributed by atoms with Crippen molar-refractivity contribution < 1.29 is 12.8 Å². The van der Waals surface area contributed by atoms with Crippen LogP contribution >= 0.6 is 24.0 Å². The van der Waals surface area contributed by atoms with Crippen LogP contribution in [0.1, 0.15) is 16.7 Å². The maximum absolute atomic E-state index is 13.8. The average Bonchev–Trinajstić information content (AvgIpc) is 2.65. The summed E-state index contributed by atoms with van der Waals surface area (Å²) in [4.78, 5) is 4.37. The van der Waals surface area contributed by atoms with Crippen LogP contribution in [-0.2, 0) is 22.8 Å². The second kappa shape index (κ2) is 11.0. The van der Waals surface area contributed by atoms with Gasteiger partial charge in [0.25, 0.3) is 0 Å². The van der Waals surface area contributed by atoms with Crippen molar-refractivity contribution in [2.24, 2.45) is 4.99 Å². The Morgan fingerprint density at radius 2 is 1.86 bits per heavy atom. The van der Waals surface area contributed by atoms with Crippen LogP contribution in [0, 0.1) is 17.1 Å². The summed E-state index contributed by atoms with van der Waals surface area (Å²) < 4.78 is 36.7. The van der Waals surface area contributed by atoms with Crippen LogP contribution in [0.2, 0.25) is 0 Å². The summed E-state index contributed by atoms with van der Waals surface area (Å²) in [5.74, 6) is 0.118. The van der Waals surface area contributed by atoms with Gasteiger partial charge in [-0.25, -0.2) is 12.8 Å². The Balaban J connectivity index is 0.00000392. The summed E-state index contributed by atoms with van der Waals surface area (Å²) in [6, 6.07) is 12.9. The lowest BCUT2D eigenvalue weighted by Crippen LogP contribution is -2.38. The van der Waals surface area contributed by atoms with E-state index >= 15 is 0 Å². The molecule has 6 nitrogen and oxygen atoms in total. The van der Waals surface area contributed by atoms with Crippen molar-refractivity contribution in [2.75, 3.05) is 19.8 Å². The molecular weight excluding hydrogens is 494 g/mol. The van der Waals surface area contributed by atoms with Crippen molar-refractivity contribution in [3.05, 3.63) is 65.0 Å². The molecule has 0 radical (unpaired) electrons. The van der Waals surface area contributed by atoms with E-state index in [4.69, 9.17) is 5.26 Å². The molecule has 150 valence electrons. The molecule has 0 saturated carbocycles. The Bertz CT molecular complexity index is 970. The molecule has 0 aromatic heterocycles. The van der Waals surface area contributed by atoms with Gasteiger partial charge in [-0.3, -0.25) is 4.99 Å². The van der Waals surface area contributed by atoms with Gasteiger partial charge in [0.2, 0.25) is 0 Å². The smallest absolute Gasteiger partial charge is 0.191 e. The fourth-order valence-electron chi connectivity index (χ4n) is 2.41. The summed E-state index contributed by atoms with van der Waals surface area (Å²) in [7, 11) is -1.59. The minimum atomic E-state index is -3.20. The van der Waals surface area contributed by atoms with Gasteiger partial charge in [-0.2, -0.15) is 5.26 Å². The molecule has 28 heavy (non-hydrogen) atoms. The monoisotopic (exact) mass is 516 g/mol. The van der Waals surface area contributed by atoms with Gasteiger partial charge in [0.05, 0.1) is 16.5 Å². The molecule has 0 aliphatic rings. The third kappa shape index (κ3) is 7.09. The molecule has 0 fully saturated rings. The molecule has 2 aromatic rings. The molecule has 0 spiro atoms. The minimum absolute atomic E-state index is 0. The Kier molecular flexibility index (Phi) is 9.34. The molecule has 0 aliphatic carbocycles. The fourth-order valence-corrected chi connectivity index (χ4v) is 3.04. The van der Waals surface area contributed by atoms with Crippen LogP contribution in [0.4, 0.5) is 4.39 Å². The Labute approximate surface area is 181 Å². The number of nitrogens with one attached hydrogen (secondary N) is 2. The van der Waals surface area contributed by atoms with Gasteiger partial charge in [0.1, 0.15) is 5.82 Å². The molecule has 9 heteroatoms. The van der Waals surface area contributed by atoms with Crippen LogP contribution < -0.4 is 10.6 Å². The average molecular weight is 516 g/mol. The number of aliphatic imine (C=N–C) groups is 1. The molecule has 0 heterocycles. The zero-order valence-electron chi connectivity index (χ0n) is 15.6. The molecule has 2 aromatic carbocycles. The van der Waals surface area contributed by atoms with Crippen molar-refractivity contribution in [3.8, 4) is 6.07 Å². The van der Waals surface area contributed by atoms with Gasteiger partial charge in [0, 0.05) is 32.0 Å². The van der Waals surface area contributed by atoms with E-state index < -0.39 is 9.84 Å².